The number of ether oxygens (including phenoxy) is 2. The first-order valence-electron chi connectivity index (χ1n) is 10.0. The third-order valence-electron chi connectivity index (χ3n) is 5.13. The zero-order valence-corrected chi connectivity index (χ0v) is 17.8. The van der Waals surface area contributed by atoms with E-state index in [1.807, 2.05) is 63.2 Å². The number of rotatable bonds is 10. The Hall–Kier alpha value is -2.33. The first kappa shape index (κ1) is 22.0. The van der Waals surface area contributed by atoms with Crippen molar-refractivity contribution in [3.05, 3.63) is 59.2 Å². The summed E-state index contributed by atoms with van der Waals surface area (Å²) in [7, 11) is 1.60. The maximum atomic E-state index is 12.8. The highest BCUT2D eigenvalue weighted by atomic mass is 16.5. The number of amides is 1. The fraction of sp³-hybridized carbons (Fsp3) is 0.458. The SMILES string of the molecule is CCCCC[C@](C)(OC)C(=O)Nc1cc(C)c(OCc2ccccc2)c(C)c1. The van der Waals surface area contributed by atoms with E-state index in [0.29, 0.717) is 13.0 Å². The highest BCUT2D eigenvalue weighted by Crippen LogP contribution is 2.29. The molecule has 0 saturated heterocycles. The first-order chi connectivity index (χ1) is 13.4. The van der Waals surface area contributed by atoms with Crippen molar-refractivity contribution in [1.82, 2.24) is 0 Å². The van der Waals surface area contributed by atoms with Crippen LogP contribution in [0.2, 0.25) is 0 Å². The number of hydrogen-bond acceptors (Lipinski definition) is 3. The Balaban J connectivity index is 2.07. The lowest BCUT2D eigenvalue weighted by Gasteiger charge is -2.27. The van der Waals surface area contributed by atoms with Crippen LogP contribution in [0, 0.1) is 13.8 Å². The summed E-state index contributed by atoms with van der Waals surface area (Å²) >= 11 is 0. The summed E-state index contributed by atoms with van der Waals surface area (Å²) in [6.07, 6.45) is 3.89. The van der Waals surface area contributed by atoms with E-state index in [4.69, 9.17) is 9.47 Å². The summed E-state index contributed by atoms with van der Waals surface area (Å²) < 4.78 is 11.6. The topological polar surface area (TPSA) is 47.6 Å². The molecule has 0 aliphatic rings. The van der Waals surface area contributed by atoms with Gasteiger partial charge >= 0.3 is 0 Å². The van der Waals surface area contributed by atoms with Gasteiger partial charge in [0.1, 0.15) is 18.0 Å². The normalized spacial score (nSPS) is 13.0. The van der Waals surface area contributed by atoms with E-state index in [2.05, 4.69) is 12.2 Å². The Morgan fingerprint density at radius 3 is 2.29 bits per heavy atom. The minimum atomic E-state index is -0.820. The largest absolute Gasteiger partial charge is 0.488 e. The summed E-state index contributed by atoms with van der Waals surface area (Å²) in [5.41, 5.74) is 3.07. The van der Waals surface area contributed by atoms with Gasteiger partial charge in [-0.1, -0.05) is 56.5 Å². The average molecular weight is 384 g/mol. The van der Waals surface area contributed by atoms with Crippen molar-refractivity contribution in [2.75, 3.05) is 12.4 Å². The van der Waals surface area contributed by atoms with Crippen molar-refractivity contribution in [3.63, 3.8) is 0 Å². The number of hydrogen-bond donors (Lipinski definition) is 1. The van der Waals surface area contributed by atoms with Crippen molar-refractivity contribution in [1.29, 1.82) is 0 Å². The maximum Gasteiger partial charge on any atom is 0.256 e. The minimum absolute atomic E-state index is 0.108. The molecule has 0 fully saturated rings. The molecule has 0 spiro atoms. The van der Waals surface area contributed by atoms with Crippen LogP contribution in [0.3, 0.4) is 0 Å². The molecule has 2 aromatic carbocycles. The highest BCUT2D eigenvalue weighted by Gasteiger charge is 2.32. The quantitative estimate of drug-likeness (QED) is 0.527. The second-order valence-corrected chi connectivity index (χ2v) is 7.56. The van der Waals surface area contributed by atoms with Crippen LogP contribution in [0.1, 0.15) is 56.2 Å². The highest BCUT2D eigenvalue weighted by molar-refractivity contribution is 5.97. The van der Waals surface area contributed by atoms with Crippen molar-refractivity contribution >= 4 is 11.6 Å². The number of anilines is 1. The number of methoxy groups -OCH3 is 1. The van der Waals surface area contributed by atoms with E-state index in [1.165, 1.54) is 0 Å². The fourth-order valence-corrected chi connectivity index (χ4v) is 3.26. The maximum absolute atomic E-state index is 12.8. The molecule has 1 amide bonds. The standard InChI is InChI=1S/C24H33NO3/c1-6-7-11-14-24(4,27-5)23(26)25-21-15-18(2)22(19(3)16-21)28-17-20-12-9-8-10-13-20/h8-10,12-13,15-16H,6-7,11,14,17H2,1-5H3,(H,25,26)/t24-/m0/s1. The van der Waals surface area contributed by atoms with Gasteiger partial charge in [-0.25, -0.2) is 0 Å². The zero-order valence-electron chi connectivity index (χ0n) is 17.8. The number of carbonyl (C=O) groups is 1. The number of carbonyl (C=O) groups excluding carboxylic acids is 1. The lowest BCUT2D eigenvalue weighted by Crippen LogP contribution is -2.42. The lowest BCUT2D eigenvalue weighted by atomic mass is 9.96. The molecule has 0 radical (unpaired) electrons. The molecule has 0 aliphatic carbocycles. The van der Waals surface area contributed by atoms with E-state index in [-0.39, 0.29) is 5.91 Å². The van der Waals surface area contributed by atoms with Gasteiger partial charge in [-0.2, -0.15) is 0 Å². The Labute approximate surface area is 169 Å². The van der Waals surface area contributed by atoms with Crippen molar-refractivity contribution in [3.8, 4) is 5.75 Å². The van der Waals surface area contributed by atoms with Crippen LogP contribution in [0.25, 0.3) is 0 Å². The van der Waals surface area contributed by atoms with E-state index in [0.717, 1.165) is 47.4 Å². The van der Waals surface area contributed by atoms with Crippen molar-refractivity contribution in [2.45, 2.75) is 65.6 Å². The number of nitrogens with one attached hydrogen (secondary N) is 1. The van der Waals surface area contributed by atoms with Crippen LogP contribution in [0.15, 0.2) is 42.5 Å². The zero-order chi connectivity index (χ0) is 20.6. The van der Waals surface area contributed by atoms with Crippen LogP contribution in [-0.4, -0.2) is 18.6 Å². The first-order valence-corrected chi connectivity index (χ1v) is 10.0. The Bertz CT molecular complexity index is 750. The monoisotopic (exact) mass is 383 g/mol. The molecule has 1 N–H and O–H groups in total. The van der Waals surface area contributed by atoms with Gasteiger partial charge in [0.25, 0.3) is 5.91 Å². The molecule has 0 unspecified atom stereocenters. The minimum Gasteiger partial charge on any atom is -0.488 e. The van der Waals surface area contributed by atoms with Gasteiger partial charge in [0.05, 0.1) is 0 Å². The van der Waals surface area contributed by atoms with E-state index >= 15 is 0 Å². The van der Waals surface area contributed by atoms with Crippen molar-refractivity contribution in [2.24, 2.45) is 0 Å². The molecule has 0 bridgehead atoms. The summed E-state index contributed by atoms with van der Waals surface area (Å²) in [6, 6.07) is 14.0. The van der Waals surface area contributed by atoms with E-state index in [9.17, 15) is 4.79 Å². The molecule has 1 atom stereocenters. The Morgan fingerprint density at radius 1 is 1.07 bits per heavy atom. The summed E-state index contributed by atoms with van der Waals surface area (Å²) in [5, 5.41) is 3.02. The van der Waals surface area contributed by atoms with E-state index in [1.54, 1.807) is 7.11 Å². The number of benzene rings is 2. The molecular weight excluding hydrogens is 350 g/mol. The molecule has 0 aliphatic heterocycles. The molecule has 0 saturated carbocycles. The van der Waals surface area contributed by atoms with Crippen LogP contribution < -0.4 is 10.1 Å². The van der Waals surface area contributed by atoms with Crippen LogP contribution >= 0.6 is 0 Å². The Morgan fingerprint density at radius 2 is 1.71 bits per heavy atom. The molecule has 4 heteroatoms. The van der Waals surface area contributed by atoms with Gasteiger partial charge in [-0.05, 0) is 56.0 Å². The second-order valence-electron chi connectivity index (χ2n) is 7.56. The summed E-state index contributed by atoms with van der Waals surface area (Å²) in [6.45, 7) is 8.53. The van der Waals surface area contributed by atoms with Crippen LogP contribution in [0.5, 0.6) is 5.75 Å². The second kappa shape index (κ2) is 10.3. The predicted octanol–water partition coefficient (Wildman–Crippen LogP) is 5.81. The van der Waals surface area contributed by atoms with Gasteiger partial charge in [0.15, 0.2) is 0 Å². The number of aryl methyl sites for hydroxylation is 2. The number of unbranched alkanes of at least 4 members (excludes halogenated alkanes) is 2. The van der Waals surface area contributed by atoms with Crippen molar-refractivity contribution < 1.29 is 14.3 Å². The van der Waals surface area contributed by atoms with Gasteiger partial charge in [-0.3, -0.25) is 4.79 Å². The molecule has 0 aromatic heterocycles. The summed E-state index contributed by atoms with van der Waals surface area (Å²) in [5.74, 6) is 0.752. The molecule has 0 heterocycles. The third-order valence-corrected chi connectivity index (χ3v) is 5.13. The molecule has 2 aromatic rings. The molecular formula is C24H33NO3. The fourth-order valence-electron chi connectivity index (χ4n) is 3.26. The summed E-state index contributed by atoms with van der Waals surface area (Å²) in [4.78, 5) is 12.8. The van der Waals surface area contributed by atoms with E-state index < -0.39 is 5.60 Å². The lowest BCUT2D eigenvalue weighted by molar-refractivity contribution is -0.136. The van der Waals surface area contributed by atoms with Gasteiger partial charge in [-0.15, -0.1) is 0 Å². The van der Waals surface area contributed by atoms with Gasteiger partial charge in [0, 0.05) is 12.8 Å². The third kappa shape index (κ3) is 5.83. The molecule has 4 nitrogen and oxygen atoms in total. The molecule has 2 rings (SSSR count). The average Bonchev–Trinajstić information content (AvgIpc) is 2.68. The van der Waals surface area contributed by atoms with Gasteiger partial charge in [0.2, 0.25) is 0 Å². The van der Waals surface area contributed by atoms with Gasteiger partial charge < -0.3 is 14.8 Å². The van der Waals surface area contributed by atoms with Crippen LogP contribution in [-0.2, 0) is 16.1 Å². The van der Waals surface area contributed by atoms with Crippen LogP contribution in [0.4, 0.5) is 5.69 Å². The molecule has 152 valence electrons. The Kier molecular flexibility index (Phi) is 8.06. The molecule has 28 heavy (non-hydrogen) atoms. The predicted molar refractivity (Wildman–Crippen MR) is 115 cm³/mol. The smallest absolute Gasteiger partial charge is 0.256 e.